The van der Waals surface area contributed by atoms with Crippen molar-refractivity contribution in [2.24, 2.45) is 0 Å². The molecule has 0 aliphatic heterocycles. The number of nitrogens with one attached hydrogen (secondary N) is 1. The lowest BCUT2D eigenvalue weighted by Gasteiger charge is -2.18. The predicted molar refractivity (Wildman–Crippen MR) is 73.2 cm³/mol. The largest absolute Gasteiger partial charge is 0.308 e. The Hall–Kier alpha value is -1.27. The van der Waals surface area contributed by atoms with Gasteiger partial charge in [0.05, 0.1) is 22.4 Å². The van der Waals surface area contributed by atoms with Gasteiger partial charge >= 0.3 is 0 Å². The fraction of sp³-hybridized carbons (Fsp3) is 0.417. The van der Waals surface area contributed by atoms with Crippen LogP contribution < -0.4 is 5.32 Å². The molecule has 1 atom stereocenters. The average Bonchev–Trinajstić information content (AvgIpc) is 2.75. The molecule has 0 aliphatic rings. The molecule has 6 heteroatoms. The fourth-order valence-electron chi connectivity index (χ4n) is 1.97. The summed E-state index contributed by atoms with van der Waals surface area (Å²) in [7, 11) is 1.92. The first-order valence-corrected chi connectivity index (χ1v) is 6.70. The molecule has 96 valence electrons. The van der Waals surface area contributed by atoms with Crippen LogP contribution >= 0.6 is 15.9 Å². The molecular formula is C12H16BrN5. The molecule has 2 aromatic rings. The number of rotatable bonds is 5. The molecule has 2 rings (SSSR count). The lowest BCUT2D eigenvalue weighted by Crippen LogP contribution is -2.22. The van der Waals surface area contributed by atoms with Crippen molar-refractivity contribution in [2.75, 3.05) is 7.05 Å². The van der Waals surface area contributed by atoms with E-state index in [0.29, 0.717) is 0 Å². The first kappa shape index (κ1) is 13.2. The maximum Gasteiger partial charge on any atom is 0.115 e. The quantitative estimate of drug-likeness (QED) is 0.919. The van der Waals surface area contributed by atoms with E-state index >= 15 is 0 Å². The van der Waals surface area contributed by atoms with Crippen LogP contribution in [0.5, 0.6) is 0 Å². The molecule has 0 spiro atoms. The van der Waals surface area contributed by atoms with Crippen molar-refractivity contribution in [3.05, 3.63) is 40.6 Å². The van der Waals surface area contributed by atoms with Crippen LogP contribution in [0.3, 0.4) is 0 Å². The zero-order chi connectivity index (χ0) is 13.0. The third-order valence-electron chi connectivity index (χ3n) is 2.74. The van der Waals surface area contributed by atoms with Crippen molar-refractivity contribution in [3.63, 3.8) is 0 Å². The average molecular weight is 310 g/mol. The Labute approximate surface area is 115 Å². The minimum atomic E-state index is 0.0367. The standard InChI is InChI=1S/C12H16BrN5/c1-3-4-18-12(10(13)7-17-18)11(14-2)9-5-15-8-16-6-9/h5-8,11,14H,3-4H2,1-2H3. The molecule has 5 nitrogen and oxygen atoms in total. The SMILES string of the molecule is CCCn1ncc(Br)c1C(NC)c1cncnc1. The first-order valence-electron chi connectivity index (χ1n) is 5.91. The van der Waals surface area contributed by atoms with Gasteiger partial charge in [-0.3, -0.25) is 4.68 Å². The second kappa shape index (κ2) is 6.06. The van der Waals surface area contributed by atoms with Gasteiger partial charge in [0, 0.05) is 24.5 Å². The summed E-state index contributed by atoms with van der Waals surface area (Å²) in [5, 5.41) is 7.68. The third-order valence-corrected chi connectivity index (χ3v) is 3.36. The number of halogens is 1. The lowest BCUT2D eigenvalue weighted by molar-refractivity contribution is 0.532. The minimum Gasteiger partial charge on any atom is -0.308 e. The van der Waals surface area contributed by atoms with Crippen LogP contribution in [0.4, 0.5) is 0 Å². The van der Waals surface area contributed by atoms with Crippen molar-refractivity contribution in [2.45, 2.75) is 25.9 Å². The smallest absolute Gasteiger partial charge is 0.115 e. The van der Waals surface area contributed by atoms with Crippen LogP contribution in [0.2, 0.25) is 0 Å². The maximum atomic E-state index is 4.39. The Morgan fingerprint density at radius 2 is 2.06 bits per heavy atom. The first-order chi connectivity index (χ1) is 8.77. The van der Waals surface area contributed by atoms with Crippen LogP contribution in [0.25, 0.3) is 0 Å². The number of hydrogen-bond donors (Lipinski definition) is 1. The fourth-order valence-corrected chi connectivity index (χ4v) is 2.50. The van der Waals surface area contributed by atoms with Crippen LogP contribution in [0.15, 0.2) is 29.4 Å². The van der Waals surface area contributed by atoms with E-state index in [9.17, 15) is 0 Å². The van der Waals surface area contributed by atoms with Crippen molar-refractivity contribution < 1.29 is 0 Å². The number of aryl methyl sites for hydroxylation is 1. The molecule has 0 radical (unpaired) electrons. The van der Waals surface area contributed by atoms with Gasteiger partial charge in [0.1, 0.15) is 6.33 Å². The van der Waals surface area contributed by atoms with E-state index < -0.39 is 0 Å². The summed E-state index contributed by atoms with van der Waals surface area (Å²) in [5.74, 6) is 0. The monoisotopic (exact) mass is 309 g/mol. The van der Waals surface area contributed by atoms with Crippen LogP contribution in [0.1, 0.15) is 30.6 Å². The Balaban J connectivity index is 2.41. The highest BCUT2D eigenvalue weighted by molar-refractivity contribution is 9.10. The summed E-state index contributed by atoms with van der Waals surface area (Å²) < 4.78 is 3.01. The summed E-state index contributed by atoms with van der Waals surface area (Å²) in [6.45, 7) is 3.03. The third kappa shape index (κ3) is 2.59. The normalized spacial score (nSPS) is 12.6. The molecule has 0 fully saturated rings. The van der Waals surface area contributed by atoms with E-state index in [4.69, 9.17) is 0 Å². The highest BCUT2D eigenvalue weighted by atomic mass is 79.9. The van der Waals surface area contributed by atoms with Gasteiger partial charge in [-0.15, -0.1) is 0 Å². The second-order valence-corrected chi connectivity index (χ2v) is 4.85. The second-order valence-electron chi connectivity index (χ2n) is 3.99. The topological polar surface area (TPSA) is 55.6 Å². The summed E-state index contributed by atoms with van der Waals surface area (Å²) in [5.41, 5.74) is 2.13. The van der Waals surface area contributed by atoms with E-state index in [1.807, 2.05) is 30.3 Å². The molecule has 2 heterocycles. The molecule has 0 bridgehead atoms. The summed E-state index contributed by atoms with van der Waals surface area (Å²) in [4.78, 5) is 8.15. The molecule has 1 unspecified atom stereocenters. The zero-order valence-electron chi connectivity index (χ0n) is 10.5. The Bertz CT molecular complexity index is 496. The maximum absolute atomic E-state index is 4.39. The summed E-state index contributed by atoms with van der Waals surface area (Å²) in [6.07, 6.45) is 8.06. The Morgan fingerprint density at radius 1 is 1.33 bits per heavy atom. The summed E-state index contributed by atoms with van der Waals surface area (Å²) >= 11 is 3.56. The molecule has 0 saturated carbocycles. The Morgan fingerprint density at radius 3 is 2.67 bits per heavy atom. The number of nitrogens with zero attached hydrogens (tertiary/aromatic N) is 4. The summed E-state index contributed by atoms with van der Waals surface area (Å²) in [6, 6.07) is 0.0367. The van der Waals surface area contributed by atoms with E-state index in [-0.39, 0.29) is 6.04 Å². The van der Waals surface area contributed by atoms with E-state index in [2.05, 4.69) is 43.2 Å². The van der Waals surface area contributed by atoms with Crippen molar-refractivity contribution >= 4 is 15.9 Å². The van der Waals surface area contributed by atoms with E-state index in [1.54, 1.807) is 0 Å². The molecule has 0 saturated heterocycles. The highest BCUT2D eigenvalue weighted by Gasteiger charge is 2.20. The van der Waals surface area contributed by atoms with Gasteiger partial charge in [0.25, 0.3) is 0 Å². The number of hydrogen-bond acceptors (Lipinski definition) is 4. The van der Waals surface area contributed by atoms with Crippen molar-refractivity contribution in [1.29, 1.82) is 0 Å². The van der Waals surface area contributed by atoms with Gasteiger partial charge < -0.3 is 5.32 Å². The molecule has 1 N–H and O–H groups in total. The van der Waals surface area contributed by atoms with Gasteiger partial charge in [-0.25, -0.2) is 9.97 Å². The highest BCUT2D eigenvalue weighted by Crippen LogP contribution is 2.27. The molecule has 0 aliphatic carbocycles. The van der Waals surface area contributed by atoms with Gasteiger partial charge in [-0.2, -0.15) is 5.10 Å². The predicted octanol–water partition coefficient (Wildman–Crippen LogP) is 2.15. The van der Waals surface area contributed by atoms with Crippen molar-refractivity contribution in [3.8, 4) is 0 Å². The van der Waals surface area contributed by atoms with Crippen LogP contribution in [0, 0.1) is 0 Å². The van der Waals surface area contributed by atoms with E-state index in [0.717, 1.165) is 28.7 Å². The molecule has 0 amide bonds. The van der Waals surface area contributed by atoms with Crippen LogP contribution in [-0.4, -0.2) is 26.8 Å². The van der Waals surface area contributed by atoms with Crippen LogP contribution in [-0.2, 0) is 6.54 Å². The Kier molecular flexibility index (Phi) is 4.43. The molecule has 0 aromatic carbocycles. The van der Waals surface area contributed by atoms with E-state index in [1.165, 1.54) is 6.33 Å². The van der Waals surface area contributed by atoms with Gasteiger partial charge in [-0.1, -0.05) is 6.92 Å². The van der Waals surface area contributed by atoms with Gasteiger partial charge in [0.15, 0.2) is 0 Å². The lowest BCUT2D eigenvalue weighted by atomic mass is 10.1. The molecule has 2 aromatic heterocycles. The van der Waals surface area contributed by atoms with Crippen molar-refractivity contribution in [1.82, 2.24) is 25.1 Å². The van der Waals surface area contributed by atoms with Gasteiger partial charge in [0.2, 0.25) is 0 Å². The minimum absolute atomic E-state index is 0.0367. The number of aromatic nitrogens is 4. The van der Waals surface area contributed by atoms with Gasteiger partial charge in [-0.05, 0) is 29.4 Å². The molecular weight excluding hydrogens is 294 g/mol. The molecule has 18 heavy (non-hydrogen) atoms. The zero-order valence-corrected chi connectivity index (χ0v) is 12.1.